The third-order valence-corrected chi connectivity index (χ3v) is 6.30. The number of amides is 1. The summed E-state index contributed by atoms with van der Waals surface area (Å²) < 4.78 is 5.49. The lowest BCUT2D eigenvalue weighted by Gasteiger charge is -2.43. The van der Waals surface area contributed by atoms with Gasteiger partial charge in [0.15, 0.2) is 0 Å². The molecule has 2 aliphatic heterocycles. The van der Waals surface area contributed by atoms with E-state index in [0.717, 1.165) is 55.1 Å². The molecule has 1 unspecified atom stereocenters. The number of rotatable bonds is 4. The van der Waals surface area contributed by atoms with Gasteiger partial charge in [0.25, 0.3) is 5.91 Å². The van der Waals surface area contributed by atoms with Gasteiger partial charge in [-0.05, 0) is 18.2 Å². The van der Waals surface area contributed by atoms with Crippen LogP contribution in [0.2, 0.25) is 0 Å². The Morgan fingerprint density at radius 1 is 1.42 bits per heavy atom. The highest BCUT2D eigenvalue weighted by atomic mass is 32.2. The number of nitrogens with zero attached hydrogens (tertiary/aromatic N) is 2. The molecule has 0 radical (unpaired) electrons. The minimum Gasteiger partial charge on any atom is -0.379 e. The molecule has 0 bridgehead atoms. The zero-order valence-corrected chi connectivity index (χ0v) is 14.4. The van der Waals surface area contributed by atoms with Crippen molar-refractivity contribution in [3.05, 3.63) is 30.0 Å². The number of fused-ring (bicyclic) bond motifs is 1. The van der Waals surface area contributed by atoms with E-state index in [9.17, 15) is 4.79 Å². The van der Waals surface area contributed by atoms with E-state index in [-0.39, 0.29) is 11.4 Å². The summed E-state index contributed by atoms with van der Waals surface area (Å²) >= 11 is 1.98. The van der Waals surface area contributed by atoms with Crippen molar-refractivity contribution in [2.24, 2.45) is 0 Å². The number of hydrogen-bond donors (Lipinski definition) is 2. The predicted molar refractivity (Wildman–Crippen MR) is 95.5 cm³/mol. The fourth-order valence-electron chi connectivity index (χ4n) is 3.63. The molecule has 128 valence electrons. The van der Waals surface area contributed by atoms with Crippen LogP contribution in [0.25, 0.3) is 10.9 Å². The van der Waals surface area contributed by atoms with Gasteiger partial charge in [0, 0.05) is 36.3 Å². The van der Waals surface area contributed by atoms with Gasteiger partial charge in [-0.2, -0.15) is 16.9 Å². The van der Waals surface area contributed by atoms with Crippen LogP contribution in [0.4, 0.5) is 0 Å². The first-order valence-electron chi connectivity index (χ1n) is 8.39. The minimum atomic E-state index is -0.0330. The summed E-state index contributed by atoms with van der Waals surface area (Å²) in [5.74, 6) is 2.19. The molecule has 0 aliphatic carbocycles. The first-order valence-corrected chi connectivity index (χ1v) is 9.55. The summed E-state index contributed by atoms with van der Waals surface area (Å²) in [6.45, 7) is 4.16. The fourth-order valence-corrected chi connectivity index (χ4v) is 5.11. The monoisotopic (exact) mass is 346 g/mol. The molecule has 2 saturated heterocycles. The third kappa shape index (κ3) is 2.92. The zero-order valence-electron chi connectivity index (χ0n) is 13.6. The molecule has 2 fully saturated rings. The van der Waals surface area contributed by atoms with Gasteiger partial charge in [-0.1, -0.05) is 12.1 Å². The second-order valence-corrected chi connectivity index (χ2v) is 7.55. The lowest BCUT2D eigenvalue weighted by Crippen LogP contribution is -2.59. The van der Waals surface area contributed by atoms with Crippen molar-refractivity contribution in [1.82, 2.24) is 20.4 Å². The Hall–Kier alpha value is -1.57. The Labute approximate surface area is 145 Å². The first-order chi connectivity index (χ1) is 11.8. The molecule has 2 N–H and O–H groups in total. The quantitative estimate of drug-likeness (QED) is 0.878. The van der Waals surface area contributed by atoms with E-state index in [1.54, 1.807) is 6.20 Å². The second-order valence-electron chi connectivity index (χ2n) is 6.45. The SMILES string of the molecule is O=C(NCC1(N2CCOCC2)CCSC1)c1cccc2cn[nH]c12. The third-order valence-electron chi connectivity index (χ3n) is 5.06. The maximum absolute atomic E-state index is 12.7. The highest BCUT2D eigenvalue weighted by Crippen LogP contribution is 2.33. The van der Waals surface area contributed by atoms with Gasteiger partial charge in [-0.25, -0.2) is 0 Å². The van der Waals surface area contributed by atoms with Crippen molar-refractivity contribution in [3.63, 3.8) is 0 Å². The Bertz CT molecular complexity index is 720. The van der Waals surface area contributed by atoms with E-state index in [0.29, 0.717) is 12.1 Å². The number of carbonyl (C=O) groups is 1. The van der Waals surface area contributed by atoms with Crippen molar-refractivity contribution >= 4 is 28.6 Å². The van der Waals surface area contributed by atoms with E-state index in [2.05, 4.69) is 20.4 Å². The molecule has 6 nitrogen and oxygen atoms in total. The summed E-state index contributed by atoms with van der Waals surface area (Å²) in [5.41, 5.74) is 1.52. The maximum atomic E-state index is 12.7. The largest absolute Gasteiger partial charge is 0.379 e. The molecule has 3 heterocycles. The van der Waals surface area contributed by atoms with E-state index in [1.165, 1.54) is 0 Å². The average Bonchev–Trinajstić information content (AvgIpc) is 3.30. The minimum absolute atomic E-state index is 0.0330. The Morgan fingerprint density at radius 2 is 2.29 bits per heavy atom. The number of para-hydroxylation sites is 1. The molecule has 2 aliphatic rings. The number of ether oxygens (including phenoxy) is 1. The first kappa shape index (κ1) is 15.9. The molecular formula is C17H22N4O2S. The van der Waals surface area contributed by atoms with Crippen LogP contribution in [0, 0.1) is 0 Å². The Balaban J connectivity index is 1.50. The van der Waals surface area contributed by atoms with Gasteiger partial charge in [0.1, 0.15) is 0 Å². The normalized spacial score (nSPS) is 25.2. The number of carbonyl (C=O) groups excluding carboxylic acids is 1. The molecule has 1 aromatic carbocycles. The molecule has 0 saturated carbocycles. The Kier molecular flexibility index (Phi) is 4.47. The molecule has 1 amide bonds. The summed E-state index contributed by atoms with van der Waals surface area (Å²) in [6.07, 6.45) is 2.86. The maximum Gasteiger partial charge on any atom is 0.253 e. The zero-order chi connectivity index (χ0) is 16.4. The highest BCUT2D eigenvalue weighted by Gasteiger charge is 2.40. The molecule has 0 spiro atoms. The van der Waals surface area contributed by atoms with Crippen LogP contribution >= 0.6 is 11.8 Å². The van der Waals surface area contributed by atoms with Gasteiger partial charge in [-0.3, -0.25) is 14.8 Å². The van der Waals surface area contributed by atoms with Crippen molar-refractivity contribution in [2.45, 2.75) is 12.0 Å². The van der Waals surface area contributed by atoms with Crippen LogP contribution < -0.4 is 5.32 Å². The lowest BCUT2D eigenvalue weighted by atomic mass is 9.95. The van der Waals surface area contributed by atoms with Crippen molar-refractivity contribution in [2.75, 3.05) is 44.4 Å². The molecule has 2 aromatic rings. The fraction of sp³-hybridized carbons (Fsp3) is 0.529. The number of benzene rings is 1. The van der Waals surface area contributed by atoms with E-state index in [4.69, 9.17) is 4.74 Å². The van der Waals surface area contributed by atoms with Gasteiger partial charge in [-0.15, -0.1) is 0 Å². The molecule has 7 heteroatoms. The van der Waals surface area contributed by atoms with Crippen LogP contribution in [0.3, 0.4) is 0 Å². The standard InChI is InChI=1S/C17H22N4O2S/c22-16(14-3-1-2-13-10-19-20-15(13)14)18-11-17(4-9-24-12-17)21-5-7-23-8-6-21/h1-3,10H,4-9,11-12H2,(H,18,22)(H,19,20). The van der Waals surface area contributed by atoms with Gasteiger partial charge in [0.2, 0.25) is 0 Å². The van der Waals surface area contributed by atoms with E-state index < -0.39 is 0 Å². The van der Waals surface area contributed by atoms with Gasteiger partial charge in [0.05, 0.1) is 30.5 Å². The van der Waals surface area contributed by atoms with Crippen LogP contribution in [0.1, 0.15) is 16.8 Å². The molecule has 1 atom stereocenters. The predicted octanol–water partition coefficient (Wildman–Crippen LogP) is 1.50. The number of H-pyrrole nitrogens is 1. The van der Waals surface area contributed by atoms with Crippen molar-refractivity contribution in [1.29, 1.82) is 0 Å². The van der Waals surface area contributed by atoms with Crippen molar-refractivity contribution < 1.29 is 9.53 Å². The number of nitrogens with one attached hydrogen (secondary N) is 2. The summed E-state index contributed by atoms with van der Waals surface area (Å²) in [5, 5.41) is 11.1. The van der Waals surface area contributed by atoms with Gasteiger partial charge < -0.3 is 10.1 Å². The Morgan fingerprint density at radius 3 is 3.08 bits per heavy atom. The summed E-state index contributed by atoms with van der Waals surface area (Å²) in [4.78, 5) is 15.2. The van der Waals surface area contributed by atoms with E-state index in [1.807, 2.05) is 30.0 Å². The van der Waals surface area contributed by atoms with Crippen LogP contribution in [0.15, 0.2) is 24.4 Å². The molecule has 24 heavy (non-hydrogen) atoms. The second kappa shape index (κ2) is 6.74. The lowest BCUT2D eigenvalue weighted by molar-refractivity contribution is -0.0129. The van der Waals surface area contributed by atoms with Crippen molar-refractivity contribution in [3.8, 4) is 0 Å². The molecular weight excluding hydrogens is 324 g/mol. The number of aromatic nitrogens is 2. The highest BCUT2D eigenvalue weighted by molar-refractivity contribution is 7.99. The number of hydrogen-bond acceptors (Lipinski definition) is 5. The van der Waals surface area contributed by atoms with E-state index >= 15 is 0 Å². The summed E-state index contributed by atoms with van der Waals surface area (Å²) in [7, 11) is 0. The average molecular weight is 346 g/mol. The summed E-state index contributed by atoms with van der Waals surface area (Å²) in [6, 6.07) is 5.70. The smallest absolute Gasteiger partial charge is 0.253 e. The molecule has 1 aromatic heterocycles. The number of aromatic amines is 1. The van der Waals surface area contributed by atoms with Crippen LogP contribution in [-0.2, 0) is 4.74 Å². The molecule has 4 rings (SSSR count). The number of morpholine rings is 1. The van der Waals surface area contributed by atoms with Gasteiger partial charge >= 0.3 is 0 Å². The topological polar surface area (TPSA) is 70.2 Å². The van der Waals surface area contributed by atoms with Crippen LogP contribution in [0.5, 0.6) is 0 Å². The van der Waals surface area contributed by atoms with Crippen LogP contribution in [-0.4, -0.2) is 70.9 Å². The number of thioether (sulfide) groups is 1.